The molecule has 4 rings (SSSR count). The van der Waals surface area contributed by atoms with Crippen LogP contribution in [-0.2, 0) is 11.2 Å². The van der Waals surface area contributed by atoms with Crippen LogP contribution in [0.25, 0.3) is 10.9 Å². The molecule has 0 aliphatic carbocycles. The Hall–Kier alpha value is -4.10. The van der Waals surface area contributed by atoms with Crippen LogP contribution >= 0.6 is 11.6 Å². The standard InChI is InChI=1S/C26H21ClN2O5/c1-15-21(14-24(30)34-19-9-5-16(6-10-19)25(28)31)22-13-20(33-2)11-12-23(22)29(15)26(32)17-3-7-18(27)8-4-17/h3-13H,14H2,1-2H3,(H2,28,31). The summed E-state index contributed by atoms with van der Waals surface area (Å²) < 4.78 is 12.4. The number of aromatic nitrogens is 1. The molecular formula is C26H21ClN2O5. The highest BCUT2D eigenvalue weighted by atomic mass is 35.5. The normalized spacial score (nSPS) is 10.8. The largest absolute Gasteiger partial charge is 0.497 e. The zero-order chi connectivity index (χ0) is 24.4. The minimum absolute atomic E-state index is 0.0754. The molecule has 7 nitrogen and oxygen atoms in total. The van der Waals surface area contributed by atoms with Gasteiger partial charge in [0.1, 0.15) is 11.5 Å². The van der Waals surface area contributed by atoms with Gasteiger partial charge in [-0.3, -0.25) is 19.0 Å². The lowest BCUT2D eigenvalue weighted by atomic mass is 10.1. The van der Waals surface area contributed by atoms with Crippen molar-refractivity contribution in [2.45, 2.75) is 13.3 Å². The Morgan fingerprint density at radius 1 is 0.912 bits per heavy atom. The maximum absolute atomic E-state index is 13.4. The lowest BCUT2D eigenvalue weighted by Gasteiger charge is -2.08. The van der Waals surface area contributed by atoms with Crippen LogP contribution in [0.1, 0.15) is 32.0 Å². The number of fused-ring (bicyclic) bond motifs is 1. The van der Waals surface area contributed by atoms with E-state index in [0.717, 1.165) is 0 Å². The van der Waals surface area contributed by atoms with Gasteiger partial charge in [0.05, 0.1) is 19.0 Å². The Morgan fingerprint density at radius 3 is 2.15 bits per heavy atom. The molecule has 0 atom stereocenters. The van der Waals surface area contributed by atoms with Crippen molar-refractivity contribution in [2.75, 3.05) is 7.11 Å². The first-order valence-electron chi connectivity index (χ1n) is 10.4. The number of amides is 1. The number of ether oxygens (including phenoxy) is 2. The summed E-state index contributed by atoms with van der Waals surface area (Å²) in [6, 6.07) is 17.9. The molecule has 3 aromatic carbocycles. The average Bonchev–Trinajstić information content (AvgIpc) is 3.09. The average molecular weight is 477 g/mol. The third kappa shape index (κ3) is 4.51. The second-order valence-corrected chi connectivity index (χ2v) is 8.07. The van der Waals surface area contributed by atoms with Crippen molar-refractivity contribution in [1.29, 1.82) is 0 Å². The Bertz CT molecular complexity index is 1410. The molecular weight excluding hydrogens is 456 g/mol. The van der Waals surface area contributed by atoms with E-state index in [1.165, 1.54) is 24.3 Å². The summed E-state index contributed by atoms with van der Waals surface area (Å²) in [6.07, 6.45) is -0.0754. The molecule has 8 heteroatoms. The Labute approximate surface area is 200 Å². The summed E-state index contributed by atoms with van der Waals surface area (Å²) in [5.41, 5.74) is 7.93. The van der Waals surface area contributed by atoms with Crippen molar-refractivity contribution in [3.8, 4) is 11.5 Å². The molecule has 0 saturated carbocycles. The first-order valence-corrected chi connectivity index (χ1v) is 10.7. The van der Waals surface area contributed by atoms with Gasteiger partial charge in [0.2, 0.25) is 5.91 Å². The van der Waals surface area contributed by atoms with E-state index in [0.29, 0.717) is 44.1 Å². The zero-order valence-electron chi connectivity index (χ0n) is 18.5. The van der Waals surface area contributed by atoms with Gasteiger partial charge in [0.15, 0.2) is 0 Å². The van der Waals surface area contributed by atoms with Gasteiger partial charge in [-0.25, -0.2) is 0 Å². The number of primary amides is 1. The quantitative estimate of drug-likeness (QED) is 0.325. The number of hydrogen-bond donors (Lipinski definition) is 1. The molecule has 34 heavy (non-hydrogen) atoms. The van der Waals surface area contributed by atoms with E-state index in [4.69, 9.17) is 26.8 Å². The highest BCUT2D eigenvalue weighted by Crippen LogP contribution is 2.31. The van der Waals surface area contributed by atoms with Crippen molar-refractivity contribution < 1.29 is 23.9 Å². The molecule has 0 saturated heterocycles. The predicted molar refractivity (Wildman–Crippen MR) is 129 cm³/mol. The topological polar surface area (TPSA) is 101 Å². The van der Waals surface area contributed by atoms with Crippen molar-refractivity contribution in [2.24, 2.45) is 5.73 Å². The molecule has 0 aliphatic heterocycles. The molecule has 0 fully saturated rings. The van der Waals surface area contributed by atoms with Crippen LogP contribution < -0.4 is 15.2 Å². The fourth-order valence-electron chi connectivity index (χ4n) is 3.79. The number of carbonyl (C=O) groups is 3. The van der Waals surface area contributed by atoms with Crippen molar-refractivity contribution >= 4 is 40.3 Å². The van der Waals surface area contributed by atoms with Crippen LogP contribution in [0.4, 0.5) is 0 Å². The van der Waals surface area contributed by atoms with Crippen molar-refractivity contribution in [1.82, 2.24) is 4.57 Å². The van der Waals surface area contributed by atoms with Gasteiger partial charge in [-0.15, -0.1) is 0 Å². The number of hydrogen-bond acceptors (Lipinski definition) is 5. The summed E-state index contributed by atoms with van der Waals surface area (Å²) in [6.45, 7) is 1.78. The highest BCUT2D eigenvalue weighted by Gasteiger charge is 2.22. The van der Waals surface area contributed by atoms with Gasteiger partial charge in [0.25, 0.3) is 5.91 Å². The van der Waals surface area contributed by atoms with Gasteiger partial charge in [0, 0.05) is 27.2 Å². The van der Waals surface area contributed by atoms with E-state index in [-0.39, 0.29) is 18.1 Å². The summed E-state index contributed by atoms with van der Waals surface area (Å²) in [5.74, 6) is -0.450. The van der Waals surface area contributed by atoms with E-state index in [9.17, 15) is 14.4 Å². The smallest absolute Gasteiger partial charge is 0.315 e. The maximum Gasteiger partial charge on any atom is 0.315 e. The van der Waals surface area contributed by atoms with Gasteiger partial charge in [-0.2, -0.15) is 0 Å². The molecule has 172 valence electrons. The Balaban J connectivity index is 1.70. The fraction of sp³-hybridized carbons (Fsp3) is 0.115. The second kappa shape index (κ2) is 9.41. The third-order valence-corrected chi connectivity index (χ3v) is 5.78. The second-order valence-electron chi connectivity index (χ2n) is 7.63. The van der Waals surface area contributed by atoms with E-state index < -0.39 is 11.9 Å². The van der Waals surface area contributed by atoms with Crippen molar-refractivity contribution in [3.63, 3.8) is 0 Å². The monoisotopic (exact) mass is 476 g/mol. The molecule has 0 aliphatic rings. The number of methoxy groups -OCH3 is 1. The lowest BCUT2D eigenvalue weighted by Crippen LogP contribution is -2.15. The lowest BCUT2D eigenvalue weighted by molar-refractivity contribution is -0.133. The maximum atomic E-state index is 13.4. The zero-order valence-corrected chi connectivity index (χ0v) is 19.3. The van der Waals surface area contributed by atoms with Crippen LogP contribution in [0, 0.1) is 6.92 Å². The molecule has 0 unspecified atom stereocenters. The van der Waals surface area contributed by atoms with Gasteiger partial charge >= 0.3 is 5.97 Å². The van der Waals surface area contributed by atoms with Crippen LogP contribution in [0.15, 0.2) is 66.7 Å². The van der Waals surface area contributed by atoms with Gasteiger partial charge < -0.3 is 15.2 Å². The first kappa shape index (κ1) is 23.1. The van der Waals surface area contributed by atoms with Crippen LogP contribution in [0.3, 0.4) is 0 Å². The van der Waals surface area contributed by atoms with Gasteiger partial charge in [-0.1, -0.05) is 11.6 Å². The SMILES string of the molecule is COc1ccc2c(c1)c(CC(=O)Oc1ccc(C(N)=O)cc1)c(C)n2C(=O)c1ccc(Cl)cc1. The minimum Gasteiger partial charge on any atom is -0.497 e. The number of nitrogens with two attached hydrogens (primary N) is 1. The van der Waals surface area contributed by atoms with Crippen molar-refractivity contribution in [3.05, 3.63) is 94.1 Å². The molecule has 4 aromatic rings. The van der Waals surface area contributed by atoms with Crippen LogP contribution in [0.5, 0.6) is 11.5 Å². The molecule has 1 heterocycles. The summed E-state index contributed by atoms with van der Waals surface area (Å²) in [7, 11) is 1.55. The number of nitrogens with zero attached hydrogens (tertiary/aromatic N) is 1. The summed E-state index contributed by atoms with van der Waals surface area (Å²) >= 11 is 5.97. The third-order valence-electron chi connectivity index (χ3n) is 5.53. The van der Waals surface area contributed by atoms with E-state index in [1.54, 1.807) is 61.1 Å². The van der Waals surface area contributed by atoms with E-state index in [2.05, 4.69) is 0 Å². The van der Waals surface area contributed by atoms with Crippen LogP contribution in [0.2, 0.25) is 5.02 Å². The predicted octanol–water partition coefficient (Wildman–Crippen LogP) is 4.55. The number of rotatable bonds is 6. The summed E-state index contributed by atoms with van der Waals surface area (Å²) in [4.78, 5) is 37.4. The molecule has 0 bridgehead atoms. The number of benzene rings is 3. The number of carbonyl (C=O) groups excluding carboxylic acids is 3. The highest BCUT2D eigenvalue weighted by molar-refractivity contribution is 6.30. The van der Waals surface area contributed by atoms with E-state index in [1.807, 2.05) is 0 Å². The number of halogens is 1. The first-order chi connectivity index (χ1) is 16.3. The molecule has 0 radical (unpaired) electrons. The Kier molecular flexibility index (Phi) is 6.38. The fourth-order valence-corrected chi connectivity index (χ4v) is 3.92. The molecule has 1 amide bonds. The van der Waals surface area contributed by atoms with E-state index >= 15 is 0 Å². The molecule has 1 aromatic heterocycles. The summed E-state index contributed by atoms with van der Waals surface area (Å²) in [5, 5.41) is 1.24. The minimum atomic E-state index is -0.569. The molecule has 0 spiro atoms. The van der Waals surface area contributed by atoms with Gasteiger partial charge in [-0.05, 0) is 79.2 Å². The Morgan fingerprint density at radius 2 is 1.53 bits per heavy atom. The number of esters is 1. The molecule has 2 N–H and O–H groups in total. The van der Waals surface area contributed by atoms with Crippen LogP contribution in [-0.4, -0.2) is 29.5 Å².